The van der Waals surface area contributed by atoms with Crippen LogP contribution in [0.4, 0.5) is 4.79 Å². The molecule has 138 valence electrons. The van der Waals surface area contributed by atoms with Gasteiger partial charge in [-0.05, 0) is 26.7 Å². The van der Waals surface area contributed by atoms with Gasteiger partial charge in [-0.1, -0.05) is 6.92 Å². The highest BCUT2D eigenvalue weighted by Gasteiger charge is 2.28. The molecule has 7 heteroatoms. The van der Waals surface area contributed by atoms with Crippen LogP contribution in [0.5, 0.6) is 0 Å². The Morgan fingerprint density at radius 2 is 1.92 bits per heavy atom. The third kappa shape index (κ3) is 5.08. The van der Waals surface area contributed by atoms with E-state index >= 15 is 0 Å². The second-order valence-electron chi connectivity index (χ2n) is 6.78. The Balaban J connectivity index is 1.85. The molecule has 1 N–H and O–H groups in total. The van der Waals surface area contributed by atoms with Crippen molar-refractivity contribution in [2.45, 2.75) is 45.7 Å². The fraction of sp³-hybridized carbons (Fsp3) is 0.882. The van der Waals surface area contributed by atoms with Crippen molar-refractivity contribution in [1.29, 1.82) is 0 Å². The number of carbonyl (C=O) groups excluding carboxylic acids is 2. The number of nitrogens with one attached hydrogen (secondary N) is 1. The van der Waals surface area contributed by atoms with Gasteiger partial charge in [0, 0.05) is 44.8 Å². The van der Waals surface area contributed by atoms with Gasteiger partial charge >= 0.3 is 6.03 Å². The number of hydrogen-bond donors (Lipinski definition) is 1. The number of nitrogens with zero attached hydrogens (tertiary/aromatic N) is 3. The molecule has 0 saturated carbocycles. The van der Waals surface area contributed by atoms with E-state index < -0.39 is 0 Å². The van der Waals surface area contributed by atoms with Gasteiger partial charge in [-0.25, -0.2) is 4.79 Å². The van der Waals surface area contributed by atoms with Crippen molar-refractivity contribution in [2.75, 3.05) is 52.5 Å². The molecule has 2 rings (SSSR count). The zero-order valence-electron chi connectivity index (χ0n) is 15.3. The van der Waals surface area contributed by atoms with Crippen LogP contribution in [0, 0.1) is 0 Å². The molecule has 0 aliphatic carbocycles. The molecule has 2 saturated heterocycles. The Kier molecular flexibility index (Phi) is 7.30. The zero-order chi connectivity index (χ0) is 17.5. The first-order valence-corrected chi connectivity index (χ1v) is 9.18. The third-order valence-electron chi connectivity index (χ3n) is 5.01. The predicted octanol–water partition coefficient (Wildman–Crippen LogP) is 0.750. The Labute approximate surface area is 145 Å². The van der Waals surface area contributed by atoms with Gasteiger partial charge in [0.05, 0.1) is 13.2 Å². The number of carbonyl (C=O) groups is 2. The lowest BCUT2D eigenvalue weighted by Crippen LogP contribution is -2.55. The fourth-order valence-corrected chi connectivity index (χ4v) is 3.31. The average molecular weight is 340 g/mol. The van der Waals surface area contributed by atoms with Crippen molar-refractivity contribution in [3.05, 3.63) is 0 Å². The van der Waals surface area contributed by atoms with Crippen LogP contribution < -0.4 is 5.32 Å². The van der Waals surface area contributed by atoms with Crippen LogP contribution >= 0.6 is 0 Å². The number of urea groups is 1. The fourth-order valence-electron chi connectivity index (χ4n) is 3.31. The molecule has 2 heterocycles. The van der Waals surface area contributed by atoms with E-state index in [0.717, 1.165) is 52.2 Å². The highest BCUT2D eigenvalue weighted by atomic mass is 16.5. The van der Waals surface area contributed by atoms with Crippen LogP contribution in [0.25, 0.3) is 0 Å². The molecule has 2 atom stereocenters. The van der Waals surface area contributed by atoms with Crippen molar-refractivity contribution in [3.8, 4) is 0 Å². The molecular formula is C17H32N4O3. The van der Waals surface area contributed by atoms with Crippen LogP contribution in [0.2, 0.25) is 0 Å². The topological polar surface area (TPSA) is 65.1 Å². The minimum atomic E-state index is -0.130. The monoisotopic (exact) mass is 340 g/mol. The molecule has 24 heavy (non-hydrogen) atoms. The minimum Gasteiger partial charge on any atom is -0.379 e. The van der Waals surface area contributed by atoms with Gasteiger partial charge in [0.1, 0.15) is 6.54 Å². The molecule has 0 aromatic carbocycles. The summed E-state index contributed by atoms with van der Waals surface area (Å²) in [6.45, 7) is 11.9. The second kappa shape index (κ2) is 9.22. The smallest absolute Gasteiger partial charge is 0.318 e. The SMILES string of the molecule is CCCN1CCCN(C(=O)N[C@@H](C)[C@@H](C)N2CCOCC2)CC1=O. The maximum atomic E-state index is 12.6. The molecule has 2 aliphatic rings. The van der Waals surface area contributed by atoms with Gasteiger partial charge < -0.3 is 19.9 Å². The minimum absolute atomic E-state index is 0.0284. The summed E-state index contributed by atoms with van der Waals surface area (Å²) >= 11 is 0. The standard InChI is InChI=1S/C17H32N4O3/c1-4-6-20-7-5-8-21(13-16(20)22)17(23)18-14(2)15(3)19-9-11-24-12-10-19/h14-15H,4-13H2,1-3H3,(H,18,23)/t14-,15+/m0/s1. The van der Waals surface area contributed by atoms with Gasteiger partial charge in [0.2, 0.25) is 5.91 Å². The van der Waals surface area contributed by atoms with Crippen LogP contribution in [-0.4, -0.2) is 91.2 Å². The van der Waals surface area contributed by atoms with E-state index in [9.17, 15) is 9.59 Å². The highest BCUT2D eigenvalue weighted by Crippen LogP contribution is 2.10. The van der Waals surface area contributed by atoms with E-state index in [1.54, 1.807) is 4.90 Å². The van der Waals surface area contributed by atoms with Gasteiger partial charge in [0.15, 0.2) is 0 Å². The van der Waals surface area contributed by atoms with Crippen molar-refractivity contribution in [3.63, 3.8) is 0 Å². The first-order chi connectivity index (χ1) is 11.5. The lowest BCUT2D eigenvalue weighted by atomic mass is 10.1. The number of rotatable bonds is 5. The second-order valence-corrected chi connectivity index (χ2v) is 6.78. The van der Waals surface area contributed by atoms with E-state index in [2.05, 4.69) is 24.1 Å². The first kappa shape index (κ1) is 19.0. The molecule has 0 bridgehead atoms. The highest BCUT2D eigenvalue weighted by molar-refractivity contribution is 5.84. The molecule has 3 amide bonds. The van der Waals surface area contributed by atoms with Gasteiger partial charge in [-0.3, -0.25) is 9.69 Å². The molecule has 2 aliphatic heterocycles. The summed E-state index contributed by atoms with van der Waals surface area (Å²) in [6, 6.07) is 0.145. The van der Waals surface area contributed by atoms with E-state index in [4.69, 9.17) is 4.74 Å². The predicted molar refractivity (Wildman–Crippen MR) is 92.9 cm³/mol. The van der Waals surface area contributed by atoms with Crippen molar-refractivity contribution < 1.29 is 14.3 Å². The van der Waals surface area contributed by atoms with E-state index in [1.165, 1.54) is 0 Å². The molecule has 0 aromatic heterocycles. The quantitative estimate of drug-likeness (QED) is 0.802. The summed E-state index contributed by atoms with van der Waals surface area (Å²) in [5.41, 5.74) is 0. The van der Waals surface area contributed by atoms with Crippen LogP contribution in [0.3, 0.4) is 0 Å². The molecule has 0 unspecified atom stereocenters. The maximum Gasteiger partial charge on any atom is 0.318 e. The summed E-state index contributed by atoms with van der Waals surface area (Å²) in [5.74, 6) is 0.0541. The van der Waals surface area contributed by atoms with Crippen molar-refractivity contribution in [2.24, 2.45) is 0 Å². The van der Waals surface area contributed by atoms with E-state index in [1.807, 2.05) is 11.8 Å². The molecule has 0 spiro atoms. The Bertz CT molecular complexity index is 426. The molecule has 0 radical (unpaired) electrons. The van der Waals surface area contributed by atoms with Gasteiger partial charge in [0.25, 0.3) is 0 Å². The molecular weight excluding hydrogens is 308 g/mol. The lowest BCUT2D eigenvalue weighted by Gasteiger charge is -2.36. The number of ether oxygens (including phenoxy) is 1. The summed E-state index contributed by atoms with van der Waals surface area (Å²) in [7, 11) is 0. The summed E-state index contributed by atoms with van der Waals surface area (Å²) in [5, 5.41) is 3.08. The Hall–Kier alpha value is -1.34. The number of hydrogen-bond acceptors (Lipinski definition) is 4. The summed E-state index contributed by atoms with van der Waals surface area (Å²) < 4.78 is 5.38. The lowest BCUT2D eigenvalue weighted by molar-refractivity contribution is -0.130. The van der Waals surface area contributed by atoms with Crippen LogP contribution in [0.15, 0.2) is 0 Å². The molecule has 2 fully saturated rings. The van der Waals surface area contributed by atoms with Crippen molar-refractivity contribution >= 4 is 11.9 Å². The number of morpholine rings is 1. The summed E-state index contributed by atoms with van der Waals surface area (Å²) in [6.07, 6.45) is 1.79. The Morgan fingerprint density at radius 3 is 2.58 bits per heavy atom. The third-order valence-corrected chi connectivity index (χ3v) is 5.01. The first-order valence-electron chi connectivity index (χ1n) is 9.18. The normalized spacial score (nSPS) is 22.9. The largest absolute Gasteiger partial charge is 0.379 e. The summed E-state index contributed by atoms with van der Waals surface area (Å²) in [4.78, 5) is 30.7. The Morgan fingerprint density at radius 1 is 1.21 bits per heavy atom. The maximum absolute atomic E-state index is 12.6. The van der Waals surface area contributed by atoms with E-state index in [0.29, 0.717) is 6.54 Å². The number of amides is 3. The molecule has 7 nitrogen and oxygen atoms in total. The van der Waals surface area contributed by atoms with Crippen LogP contribution in [-0.2, 0) is 9.53 Å². The zero-order valence-corrected chi connectivity index (χ0v) is 15.3. The van der Waals surface area contributed by atoms with Crippen molar-refractivity contribution in [1.82, 2.24) is 20.0 Å². The van der Waals surface area contributed by atoms with E-state index in [-0.39, 0.29) is 30.6 Å². The van der Waals surface area contributed by atoms with Crippen LogP contribution in [0.1, 0.15) is 33.6 Å². The van der Waals surface area contributed by atoms with Gasteiger partial charge in [-0.15, -0.1) is 0 Å². The average Bonchev–Trinajstić information content (AvgIpc) is 2.77. The van der Waals surface area contributed by atoms with Gasteiger partial charge in [-0.2, -0.15) is 0 Å². The molecule has 0 aromatic rings.